The third-order valence-electron chi connectivity index (χ3n) is 4.04. The predicted octanol–water partition coefficient (Wildman–Crippen LogP) is 3.50. The number of aromatic nitrogens is 1. The molecule has 0 spiro atoms. The minimum absolute atomic E-state index is 0.260. The first-order valence-electron chi connectivity index (χ1n) is 8.18. The van der Waals surface area contributed by atoms with Crippen LogP contribution in [0.25, 0.3) is 0 Å². The van der Waals surface area contributed by atoms with Crippen LogP contribution in [-0.4, -0.2) is 23.3 Å². The normalized spacial score (nSPS) is 12.6. The molecule has 2 heterocycles. The number of nitrogens with one attached hydrogen (secondary N) is 2. The van der Waals surface area contributed by atoms with Crippen molar-refractivity contribution in [2.24, 2.45) is 0 Å². The number of amides is 2. The zero-order valence-corrected chi connectivity index (χ0v) is 14.8. The lowest BCUT2D eigenvalue weighted by molar-refractivity contribution is 0.0952. The molecule has 136 valence electrons. The number of benzene rings is 2. The average molecular weight is 383 g/mol. The van der Waals surface area contributed by atoms with Crippen LogP contribution >= 0.6 is 11.8 Å². The van der Waals surface area contributed by atoms with Crippen molar-refractivity contribution in [3.63, 3.8) is 0 Å². The summed E-state index contributed by atoms with van der Waals surface area (Å²) in [5, 5.41) is 5.55. The van der Waals surface area contributed by atoms with Gasteiger partial charge in [0.2, 0.25) is 0 Å². The molecule has 2 amide bonds. The molecule has 3 aromatic rings. The highest BCUT2D eigenvalue weighted by molar-refractivity contribution is 7.99. The van der Waals surface area contributed by atoms with Crippen molar-refractivity contribution in [2.75, 3.05) is 11.9 Å². The second-order valence-corrected chi connectivity index (χ2v) is 6.97. The van der Waals surface area contributed by atoms with Gasteiger partial charge in [-0.3, -0.25) is 9.59 Å². The second kappa shape index (κ2) is 7.24. The zero-order valence-electron chi connectivity index (χ0n) is 14.0. The molecule has 0 aliphatic carbocycles. The van der Waals surface area contributed by atoms with E-state index in [1.807, 2.05) is 0 Å². The minimum Gasteiger partial charge on any atom is -0.448 e. The van der Waals surface area contributed by atoms with Gasteiger partial charge in [0, 0.05) is 28.3 Å². The maximum Gasteiger partial charge on any atom is 0.256 e. The number of halogens is 1. The SMILES string of the molecule is O=C(NCCc1cnco1)c1ccc2c(c1)NC(=O)c1cc(F)ccc1S2. The van der Waals surface area contributed by atoms with E-state index in [1.54, 1.807) is 30.5 Å². The number of hydrogen-bond donors (Lipinski definition) is 2. The highest BCUT2D eigenvalue weighted by Crippen LogP contribution is 2.39. The Bertz CT molecular complexity index is 1020. The van der Waals surface area contributed by atoms with Gasteiger partial charge in [-0.1, -0.05) is 11.8 Å². The molecule has 4 rings (SSSR count). The summed E-state index contributed by atoms with van der Waals surface area (Å²) < 4.78 is 18.6. The molecule has 1 aliphatic rings. The number of carbonyl (C=O) groups excluding carboxylic acids is 2. The fraction of sp³-hybridized carbons (Fsp3) is 0.105. The molecular weight excluding hydrogens is 369 g/mol. The van der Waals surface area contributed by atoms with Crippen LogP contribution in [-0.2, 0) is 6.42 Å². The molecule has 2 aromatic carbocycles. The molecule has 0 saturated carbocycles. The van der Waals surface area contributed by atoms with E-state index >= 15 is 0 Å². The van der Waals surface area contributed by atoms with E-state index in [2.05, 4.69) is 15.6 Å². The van der Waals surface area contributed by atoms with Gasteiger partial charge in [0.15, 0.2) is 6.39 Å². The number of anilines is 1. The first-order chi connectivity index (χ1) is 13.1. The van der Waals surface area contributed by atoms with Crippen LogP contribution in [0.1, 0.15) is 26.5 Å². The first-order valence-corrected chi connectivity index (χ1v) is 9.00. The molecule has 1 aromatic heterocycles. The monoisotopic (exact) mass is 383 g/mol. The number of rotatable bonds is 4. The fourth-order valence-electron chi connectivity index (χ4n) is 2.70. The maximum absolute atomic E-state index is 13.5. The molecule has 6 nitrogen and oxygen atoms in total. The minimum atomic E-state index is -0.470. The number of fused-ring (bicyclic) bond motifs is 2. The van der Waals surface area contributed by atoms with Crippen LogP contribution < -0.4 is 10.6 Å². The number of hydrogen-bond acceptors (Lipinski definition) is 5. The van der Waals surface area contributed by atoms with Crippen molar-refractivity contribution in [1.29, 1.82) is 0 Å². The van der Waals surface area contributed by atoms with Gasteiger partial charge in [0.1, 0.15) is 11.6 Å². The van der Waals surface area contributed by atoms with E-state index in [-0.39, 0.29) is 11.5 Å². The van der Waals surface area contributed by atoms with Gasteiger partial charge >= 0.3 is 0 Å². The standard InChI is InChI=1S/C19H14FN3O3S/c20-12-2-4-16-14(8-12)19(25)23-15-7-11(1-3-17(15)27-16)18(24)22-6-5-13-9-21-10-26-13/h1-4,7-10H,5-6H2,(H,22,24)(H,23,25). The van der Waals surface area contributed by atoms with Crippen molar-refractivity contribution in [3.05, 3.63) is 71.7 Å². The van der Waals surface area contributed by atoms with Gasteiger partial charge in [-0.25, -0.2) is 9.37 Å². The topological polar surface area (TPSA) is 84.2 Å². The summed E-state index contributed by atoms with van der Waals surface area (Å²) in [6.07, 6.45) is 3.47. The molecule has 0 bridgehead atoms. The highest BCUT2D eigenvalue weighted by atomic mass is 32.2. The van der Waals surface area contributed by atoms with Crippen molar-refractivity contribution in [3.8, 4) is 0 Å². The number of carbonyl (C=O) groups is 2. The molecular formula is C19H14FN3O3S. The summed E-state index contributed by atoms with van der Waals surface area (Å²) in [6, 6.07) is 9.18. The lowest BCUT2D eigenvalue weighted by Gasteiger charge is -2.09. The summed E-state index contributed by atoms with van der Waals surface area (Å²) >= 11 is 1.35. The second-order valence-electron chi connectivity index (χ2n) is 5.88. The van der Waals surface area contributed by atoms with Crippen LogP contribution in [0.5, 0.6) is 0 Å². The van der Waals surface area contributed by atoms with Gasteiger partial charge < -0.3 is 15.1 Å². The fourth-order valence-corrected chi connectivity index (χ4v) is 3.69. The summed E-state index contributed by atoms with van der Waals surface area (Å²) in [6.45, 7) is 0.400. The van der Waals surface area contributed by atoms with Crippen molar-refractivity contribution in [1.82, 2.24) is 10.3 Å². The van der Waals surface area contributed by atoms with Crippen LogP contribution in [0, 0.1) is 5.82 Å². The van der Waals surface area contributed by atoms with Crippen molar-refractivity contribution in [2.45, 2.75) is 16.2 Å². The lowest BCUT2D eigenvalue weighted by Crippen LogP contribution is -2.25. The molecule has 0 unspecified atom stereocenters. The Hall–Kier alpha value is -3.13. The van der Waals surface area contributed by atoms with Crippen LogP contribution in [0.2, 0.25) is 0 Å². The van der Waals surface area contributed by atoms with Crippen LogP contribution in [0.15, 0.2) is 63.2 Å². The summed E-state index contributed by atoms with van der Waals surface area (Å²) in [5.41, 5.74) is 1.21. The summed E-state index contributed by atoms with van der Waals surface area (Å²) in [4.78, 5) is 30.0. The van der Waals surface area contributed by atoms with E-state index < -0.39 is 11.7 Å². The summed E-state index contributed by atoms with van der Waals surface area (Å²) in [7, 11) is 0. The van der Waals surface area contributed by atoms with Crippen molar-refractivity contribution >= 4 is 29.3 Å². The maximum atomic E-state index is 13.5. The predicted molar refractivity (Wildman–Crippen MR) is 97.5 cm³/mol. The third-order valence-corrected chi connectivity index (χ3v) is 5.19. The van der Waals surface area contributed by atoms with Gasteiger partial charge in [-0.15, -0.1) is 0 Å². The Morgan fingerprint density at radius 3 is 2.89 bits per heavy atom. The Morgan fingerprint density at radius 1 is 1.22 bits per heavy atom. The number of oxazole rings is 1. The molecule has 0 fully saturated rings. The molecule has 0 atom stereocenters. The zero-order chi connectivity index (χ0) is 18.8. The smallest absolute Gasteiger partial charge is 0.256 e. The molecule has 8 heteroatoms. The van der Waals surface area contributed by atoms with E-state index in [9.17, 15) is 14.0 Å². The van der Waals surface area contributed by atoms with E-state index in [1.165, 1.54) is 30.3 Å². The quantitative estimate of drug-likeness (QED) is 0.720. The Kier molecular flexibility index (Phi) is 4.64. The number of nitrogens with zero attached hydrogens (tertiary/aromatic N) is 1. The van der Waals surface area contributed by atoms with E-state index in [4.69, 9.17) is 4.42 Å². The Labute approximate surface area is 158 Å². The van der Waals surface area contributed by atoms with E-state index in [0.29, 0.717) is 34.9 Å². The van der Waals surface area contributed by atoms with Gasteiger partial charge in [-0.2, -0.15) is 0 Å². The van der Waals surface area contributed by atoms with Gasteiger partial charge in [0.05, 0.1) is 17.4 Å². The first kappa shape index (κ1) is 17.3. The lowest BCUT2D eigenvalue weighted by atomic mass is 10.1. The van der Waals surface area contributed by atoms with Gasteiger partial charge in [0.25, 0.3) is 11.8 Å². The Balaban J connectivity index is 1.50. The summed E-state index contributed by atoms with van der Waals surface area (Å²) in [5.74, 6) is -0.448. The molecule has 0 saturated heterocycles. The van der Waals surface area contributed by atoms with E-state index in [0.717, 1.165) is 4.90 Å². The largest absolute Gasteiger partial charge is 0.448 e. The van der Waals surface area contributed by atoms with Crippen LogP contribution in [0.3, 0.4) is 0 Å². The Morgan fingerprint density at radius 2 is 2.07 bits per heavy atom. The van der Waals surface area contributed by atoms with Crippen molar-refractivity contribution < 1.29 is 18.4 Å². The van der Waals surface area contributed by atoms with Crippen LogP contribution in [0.4, 0.5) is 10.1 Å². The molecule has 1 aliphatic heterocycles. The molecule has 0 radical (unpaired) electrons. The highest BCUT2D eigenvalue weighted by Gasteiger charge is 2.21. The third kappa shape index (κ3) is 3.70. The molecule has 27 heavy (non-hydrogen) atoms. The molecule has 2 N–H and O–H groups in total. The average Bonchev–Trinajstić information content (AvgIpc) is 3.13. The van der Waals surface area contributed by atoms with Gasteiger partial charge in [-0.05, 0) is 36.4 Å².